The van der Waals surface area contributed by atoms with Crippen molar-refractivity contribution in [3.05, 3.63) is 53.3 Å². The van der Waals surface area contributed by atoms with E-state index in [2.05, 4.69) is 44.9 Å². The Balaban J connectivity index is 1.44. The summed E-state index contributed by atoms with van der Waals surface area (Å²) in [5, 5.41) is 10.9. The van der Waals surface area contributed by atoms with Crippen LogP contribution in [0.25, 0.3) is 0 Å². The van der Waals surface area contributed by atoms with E-state index in [1.165, 1.54) is 5.56 Å². The zero-order valence-corrected chi connectivity index (χ0v) is 14.4. The summed E-state index contributed by atoms with van der Waals surface area (Å²) in [5.74, 6) is -0.0520. The molecule has 6 nitrogen and oxygen atoms in total. The molecular weight excluding hydrogens is 314 g/mol. The standard InChI is InChI=1S/C19H25N5O/c25-19(21-16-7-8-20-12-16)18-11-17-14-23(9-4-10-24(17)22-18)13-15-5-2-1-3-6-15/h1-3,5-6,11,16,20H,4,7-10,12-14H2,(H,21,25)/t16-/m1/s1. The monoisotopic (exact) mass is 339 g/mol. The molecule has 1 amide bonds. The lowest BCUT2D eigenvalue weighted by Gasteiger charge is -2.19. The van der Waals surface area contributed by atoms with Gasteiger partial charge in [0, 0.05) is 38.8 Å². The molecule has 0 aliphatic carbocycles. The summed E-state index contributed by atoms with van der Waals surface area (Å²) in [7, 11) is 0. The fourth-order valence-electron chi connectivity index (χ4n) is 3.65. The third-order valence-corrected chi connectivity index (χ3v) is 4.97. The number of carbonyl (C=O) groups is 1. The molecule has 0 saturated carbocycles. The number of amides is 1. The van der Waals surface area contributed by atoms with E-state index >= 15 is 0 Å². The zero-order valence-electron chi connectivity index (χ0n) is 14.4. The lowest BCUT2D eigenvalue weighted by atomic mass is 10.2. The minimum Gasteiger partial charge on any atom is -0.347 e. The van der Waals surface area contributed by atoms with Gasteiger partial charge in [-0.3, -0.25) is 14.4 Å². The lowest BCUT2D eigenvalue weighted by Crippen LogP contribution is -2.36. The molecule has 4 rings (SSSR count). The van der Waals surface area contributed by atoms with Crippen molar-refractivity contribution in [2.45, 2.75) is 38.5 Å². The molecule has 0 unspecified atom stereocenters. The van der Waals surface area contributed by atoms with Crippen molar-refractivity contribution in [1.82, 2.24) is 25.3 Å². The van der Waals surface area contributed by atoms with Crippen LogP contribution in [0, 0.1) is 0 Å². The summed E-state index contributed by atoms with van der Waals surface area (Å²) in [4.78, 5) is 14.9. The smallest absolute Gasteiger partial charge is 0.272 e. The number of hydrogen-bond acceptors (Lipinski definition) is 4. The fourth-order valence-corrected chi connectivity index (χ4v) is 3.65. The first kappa shape index (κ1) is 16.3. The summed E-state index contributed by atoms with van der Waals surface area (Å²) in [6.45, 7) is 5.51. The molecule has 25 heavy (non-hydrogen) atoms. The Morgan fingerprint density at radius 1 is 1.28 bits per heavy atom. The molecular formula is C19H25N5O. The Labute approximate surface area is 148 Å². The number of aromatic nitrogens is 2. The highest BCUT2D eigenvalue weighted by molar-refractivity contribution is 5.92. The highest BCUT2D eigenvalue weighted by Gasteiger charge is 2.22. The first-order chi connectivity index (χ1) is 12.3. The molecule has 2 aliphatic heterocycles. The number of nitrogens with zero attached hydrogens (tertiary/aromatic N) is 3. The van der Waals surface area contributed by atoms with Crippen molar-refractivity contribution < 1.29 is 4.79 Å². The molecule has 1 aromatic carbocycles. The van der Waals surface area contributed by atoms with Crippen molar-refractivity contribution in [1.29, 1.82) is 0 Å². The largest absolute Gasteiger partial charge is 0.347 e. The van der Waals surface area contributed by atoms with Crippen LogP contribution in [0.3, 0.4) is 0 Å². The topological polar surface area (TPSA) is 62.2 Å². The average Bonchev–Trinajstić information content (AvgIpc) is 3.23. The van der Waals surface area contributed by atoms with Crippen LogP contribution in [0.4, 0.5) is 0 Å². The van der Waals surface area contributed by atoms with Gasteiger partial charge in [0.2, 0.25) is 0 Å². The molecule has 132 valence electrons. The van der Waals surface area contributed by atoms with Gasteiger partial charge >= 0.3 is 0 Å². The first-order valence-corrected chi connectivity index (χ1v) is 9.12. The second-order valence-electron chi connectivity index (χ2n) is 6.96. The van der Waals surface area contributed by atoms with Gasteiger partial charge in [0.25, 0.3) is 5.91 Å². The van der Waals surface area contributed by atoms with Gasteiger partial charge in [-0.25, -0.2) is 0 Å². The second kappa shape index (κ2) is 7.37. The first-order valence-electron chi connectivity index (χ1n) is 9.12. The Kier molecular flexibility index (Phi) is 4.81. The molecule has 2 aliphatic rings. The van der Waals surface area contributed by atoms with E-state index < -0.39 is 0 Å². The summed E-state index contributed by atoms with van der Waals surface area (Å²) in [6, 6.07) is 12.7. The Morgan fingerprint density at radius 2 is 2.16 bits per heavy atom. The van der Waals surface area contributed by atoms with E-state index in [-0.39, 0.29) is 11.9 Å². The molecule has 1 fully saturated rings. The quantitative estimate of drug-likeness (QED) is 0.883. The summed E-state index contributed by atoms with van der Waals surface area (Å²) in [6.07, 6.45) is 2.04. The maximum absolute atomic E-state index is 12.4. The molecule has 0 bridgehead atoms. The van der Waals surface area contributed by atoms with Crippen molar-refractivity contribution in [2.24, 2.45) is 0 Å². The zero-order chi connectivity index (χ0) is 17.1. The third kappa shape index (κ3) is 3.91. The van der Waals surface area contributed by atoms with Gasteiger partial charge in [0.15, 0.2) is 5.69 Å². The molecule has 2 aromatic rings. The van der Waals surface area contributed by atoms with Gasteiger partial charge in [-0.05, 0) is 31.0 Å². The van der Waals surface area contributed by atoms with Crippen LogP contribution in [-0.4, -0.2) is 46.3 Å². The van der Waals surface area contributed by atoms with Crippen LogP contribution in [0.15, 0.2) is 36.4 Å². The summed E-state index contributed by atoms with van der Waals surface area (Å²) < 4.78 is 2.01. The molecule has 1 aromatic heterocycles. The molecule has 3 heterocycles. The maximum atomic E-state index is 12.4. The normalized spacial score (nSPS) is 20.9. The van der Waals surface area contributed by atoms with E-state index in [1.54, 1.807) is 0 Å². The van der Waals surface area contributed by atoms with Gasteiger partial charge in [-0.15, -0.1) is 0 Å². The molecule has 0 spiro atoms. The molecule has 6 heteroatoms. The van der Waals surface area contributed by atoms with Crippen LogP contribution in [0.1, 0.15) is 34.6 Å². The van der Waals surface area contributed by atoms with Crippen molar-refractivity contribution in [2.75, 3.05) is 19.6 Å². The Morgan fingerprint density at radius 3 is 2.96 bits per heavy atom. The van der Waals surface area contributed by atoms with Gasteiger partial charge in [-0.1, -0.05) is 30.3 Å². The van der Waals surface area contributed by atoms with Gasteiger partial charge in [0.05, 0.1) is 5.69 Å². The van der Waals surface area contributed by atoms with E-state index in [9.17, 15) is 4.79 Å². The maximum Gasteiger partial charge on any atom is 0.272 e. The number of aryl methyl sites for hydroxylation is 1. The van der Waals surface area contributed by atoms with E-state index in [4.69, 9.17) is 0 Å². The van der Waals surface area contributed by atoms with E-state index in [1.807, 2.05) is 16.8 Å². The van der Waals surface area contributed by atoms with Crippen LogP contribution in [0.2, 0.25) is 0 Å². The van der Waals surface area contributed by atoms with Gasteiger partial charge < -0.3 is 10.6 Å². The third-order valence-electron chi connectivity index (χ3n) is 4.97. The van der Waals surface area contributed by atoms with Crippen LogP contribution in [-0.2, 0) is 19.6 Å². The second-order valence-corrected chi connectivity index (χ2v) is 6.96. The molecule has 0 radical (unpaired) electrons. The highest BCUT2D eigenvalue weighted by Crippen LogP contribution is 2.16. The molecule has 1 atom stereocenters. The van der Waals surface area contributed by atoms with Crippen LogP contribution in [0.5, 0.6) is 0 Å². The number of benzene rings is 1. The number of carbonyl (C=O) groups excluding carboxylic acids is 1. The molecule has 2 N–H and O–H groups in total. The van der Waals surface area contributed by atoms with Crippen molar-refractivity contribution >= 4 is 5.91 Å². The SMILES string of the molecule is O=C(N[C@@H]1CCNC1)c1cc2n(n1)CCCN(Cc1ccccc1)C2. The number of hydrogen-bond donors (Lipinski definition) is 2. The number of fused-ring (bicyclic) bond motifs is 1. The highest BCUT2D eigenvalue weighted by atomic mass is 16.2. The van der Waals surface area contributed by atoms with Crippen LogP contribution >= 0.6 is 0 Å². The lowest BCUT2D eigenvalue weighted by molar-refractivity contribution is 0.0934. The molecule has 1 saturated heterocycles. The predicted molar refractivity (Wildman–Crippen MR) is 96.1 cm³/mol. The van der Waals surface area contributed by atoms with Crippen LogP contribution < -0.4 is 10.6 Å². The number of nitrogens with one attached hydrogen (secondary N) is 2. The average molecular weight is 339 g/mol. The summed E-state index contributed by atoms with van der Waals surface area (Å²) in [5.41, 5.74) is 2.99. The predicted octanol–water partition coefficient (Wildman–Crippen LogP) is 1.38. The number of rotatable bonds is 4. The van der Waals surface area contributed by atoms with Gasteiger partial charge in [0.1, 0.15) is 0 Å². The van der Waals surface area contributed by atoms with E-state index in [0.717, 1.165) is 57.8 Å². The minimum absolute atomic E-state index is 0.0520. The van der Waals surface area contributed by atoms with E-state index in [0.29, 0.717) is 5.69 Å². The fraction of sp³-hybridized carbons (Fsp3) is 0.474. The van der Waals surface area contributed by atoms with Gasteiger partial charge in [-0.2, -0.15) is 5.10 Å². The summed E-state index contributed by atoms with van der Waals surface area (Å²) >= 11 is 0. The van der Waals surface area contributed by atoms with Crippen molar-refractivity contribution in [3.8, 4) is 0 Å². The Hall–Kier alpha value is -2.18. The minimum atomic E-state index is -0.0520. The van der Waals surface area contributed by atoms with Crippen molar-refractivity contribution in [3.63, 3.8) is 0 Å². The Bertz CT molecular complexity index is 721.